The molecular formula is C44H61NO6S2. The third-order valence-corrected chi connectivity index (χ3v) is 13.7. The third-order valence-electron chi connectivity index (χ3n) is 11.1. The number of benzene rings is 2. The fraction of sp³-hybridized carbons (Fsp3) is 0.614. The highest BCUT2D eigenvalue weighted by atomic mass is 32.2. The van der Waals surface area contributed by atoms with Crippen LogP contribution < -0.4 is 9.47 Å². The summed E-state index contributed by atoms with van der Waals surface area (Å²) in [5.41, 5.74) is 2.91. The van der Waals surface area contributed by atoms with Crippen LogP contribution in [0.2, 0.25) is 0 Å². The number of thioether (sulfide) groups is 2. The van der Waals surface area contributed by atoms with E-state index in [1.54, 1.807) is 11.8 Å². The van der Waals surface area contributed by atoms with Gasteiger partial charge in [-0.25, -0.2) is 0 Å². The van der Waals surface area contributed by atoms with E-state index in [9.17, 15) is 10.2 Å². The number of hydrogen-bond donors (Lipinski definition) is 2. The second kappa shape index (κ2) is 18.9. The Hall–Kier alpha value is -2.43. The maximum Gasteiger partial charge on any atom is 0.230 e. The molecule has 0 radical (unpaired) electrons. The number of hydrogen-bond acceptors (Lipinski definition) is 9. The zero-order valence-electron chi connectivity index (χ0n) is 32.0. The lowest BCUT2D eigenvalue weighted by molar-refractivity contribution is -0.223. The summed E-state index contributed by atoms with van der Waals surface area (Å²) in [5, 5.41) is 25.2. The molecule has 0 amide bonds. The predicted octanol–water partition coefficient (Wildman–Crippen LogP) is 9.97. The number of nitrogens with zero attached hydrogens (tertiary/aromatic N) is 1. The van der Waals surface area contributed by atoms with Crippen molar-refractivity contribution in [3.05, 3.63) is 78.4 Å². The van der Waals surface area contributed by atoms with Gasteiger partial charge in [0.15, 0.2) is 0 Å². The van der Waals surface area contributed by atoms with Crippen molar-refractivity contribution < 1.29 is 29.3 Å². The SMILES string of the molecule is C=CCOC12Oc3ccc(OCCSc4ccccc4)cc3C3C(CCCCO)C(CCCCO)C=C(C(=NOC(C)(C)C)CC1SC1CCCC1)C32. The Kier molecular flexibility index (Phi) is 14.4. The lowest BCUT2D eigenvalue weighted by atomic mass is 9.56. The Morgan fingerprint density at radius 2 is 1.75 bits per heavy atom. The Balaban J connectivity index is 1.45. The van der Waals surface area contributed by atoms with E-state index in [1.807, 2.05) is 23.9 Å². The van der Waals surface area contributed by atoms with E-state index in [4.69, 9.17) is 24.2 Å². The minimum absolute atomic E-state index is 0.000590. The molecular weight excluding hydrogens is 703 g/mol. The molecule has 2 aromatic carbocycles. The maximum absolute atomic E-state index is 9.90. The van der Waals surface area contributed by atoms with Gasteiger partial charge in [-0.1, -0.05) is 61.2 Å². The highest BCUT2D eigenvalue weighted by molar-refractivity contribution is 8.00. The van der Waals surface area contributed by atoms with Crippen molar-refractivity contribution in [1.29, 1.82) is 0 Å². The van der Waals surface area contributed by atoms with E-state index >= 15 is 0 Å². The minimum atomic E-state index is -0.925. The Bertz CT molecular complexity index is 1540. The molecule has 6 rings (SSSR count). The van der Waals surface area contributed by atoms with Gasteiger partial charge in [0.25, 0.3) is 0 Å². The number of aliphatic hydroxyl groups is 2. The van der Waals surface area contributed by atoms with Crippen LogP contribution in [0.1, 0.15) is 103 Å². The first-order chi connectivity index (χ1) is 25.8. The van der Waals surface area contributed by atoms with Crippen molar-refractivity contribution in [2.24, 2.45) is 22.9 Å². The van der Waals surface area contributed by atoms with Crippen LogP contribution in [0.15, 0.2) is 82.9 Å². The predicted molar refractivity (Wildman–Crippen MR) is 218 cm³/mol. The highest BCUT2D eigenvalue weighted by Gasteiger charge is 2.64. The molecule has 0 spiro atoms. The molecule has 290 valence electrons. The van der Waals surface area contributed by atoms with E-state index in [-0.39, 0.29) is 42.1 Å². The largest absolute Gasteiger partial charge is 0.493 e. The molecule has 53 heavy (non-hydrogen) atoms. The summed E-state index contributed by atoms with van der Waals surface area (Å²) in [4.78, 5) is 7.48. The van der Waals surface area contributed by atoms with Gasteiger partial charge in [-0.05, 0) is 107 Å². The van der Waals surface area contributed by atoms with Gasteiger partial charge in [0.2, 0.25) is 5.79 Å². The third kappa shape index (κ3) is 9.88. The van der Waals surface area contributed by atoms with Crippen LogP contribution in [-0.2, 0) is 9.57 Å². The first-order valence-electron chi connectivity index (χ1n) is 20.0. The quantitative estimate of drug-likeness (QED) is 0.0633. The number of oxime groups is 1. The van der Waals surface area contributed by atoms with Crippen LogP contribution in [-0.4, -0.2) is 70.0 Å². The first kappa shape index (κ1) is 40.2. The Morgan fingerprint density at radius 3 is 2.47 bits per heavy atom. The van der Waals surface area contributed by atoms with Crippen molar-refractivity contribution in [1.82, 2.24) is 0 Å². The second-order valence-corrected chi connectivity index (χ2v) is 18.7. The van der Waals surface area contributed by atoms with Gasteiger partial charge >= 0.3 is 0 Å². The van der Waals surface area contributed by atoms with Gasteiger partial charge in [0, 0.05) is 47.0 Å². The molecule has 9 heteroatoms. The lowest BCUT2D eigenvalue weighted by Crippen LogP contribution is -2.64. The zero-order valence-corrected chi connectivity index (χ0v) is 33.7. The second-order valence-electron chi connectivity index (χ2n) is 16.0. The molecule has 6 unspecified atom stereocenters. The fourth-order valence-electron chi connectivity index (χ4n) is 8.82. The molecule has 2 N–H and O–H groups in total. The van der Waals surface area contributed by atoms with E-state index < -0.39 is 11.4 Å². The number of fused-ring (bicyclic) bond motifs is 2. The number of aliphatic hydroxyl groups excluding tert-OH is 2. The molecule has 3 aliphatic carbocycles. The summed E-state index contributed by atoms with van der Waals surface area (Å²) in [6.07, 6.45) is 15.3. The van der Waals surface area contributed by atoms with Crippen LogP contribution in [0, 0.1) is 17.8 Å². The van der Waals surface area contributed by atoms with Crippen molar-refractivity contribution in [3.63, 3.8) is 0 Å². The minimum Gasteiger partial charge on any atom is -0.493 e. The van der Waals surface area contributed by atoms with Crippen LogP contribution in [0.5, 0.6) is 11.5 Å². The molecule has 4 aliphatic rings. The summed E-state index contributed by atoms with van der Waals surface area (Å²) in [6, 6.07) is 16.8. The summed E-state index contributed by atoms with van der Waals surface area (Å²) in [5.74, 6) is 2.10. The lowest BCUT2D eigenvalue weighted by Gasteiger charge is -2.58. The average Bonchev–Trinajstić information content (AvgIpc) is 3.67. The van der Waals surface area contributed by atoms with Gasteiger partial charge in [0.1, 0.15) is 17.1 Å². The van der Waals surface area contributed by atoms with Crippen LogP contribution in [0.4, 0.5) is 0 Å². The smallest absolute Gasteiger partial charge is 0.230 e. The average molecular weight is 764 g/mol. The number of unbranched alkanes of at least 4 members (excludes halogenated alkanes) is 2. The van der Waals surface area contributed by atoms with E-state index in [2.05, 4.69) is 75.9 Å². The van der Waals surface area contributed by atoms with Gasteiger partial charge < -0.3 is 29.3 Å². The molecule has 6 atom stereocenters. The molecule has 2 fully saturated rings. The maximum atomic E-state index is 9.90. The Labute approximate surface area is 326 Å². The molecule has 0 aromatic heterocycles. The first-order valence-corrected chi connectivity index (χ1v) is 21.9. The number of allylic oxidation sites excluding steroid dienone is 1. The van der Waals surface area contributed by atoms with Crippen molar-refractivity contribution >= 4 is 29.2 Å². The number of rotatable bonds is 19. The molecule has 1 heterocycles. The topological polar surface area (TPSA) is 89.7 Å². The van der Waals surface area contributed by atoms with Crippen LogP contribution in [0.3, 0.4) is 0 Å². The summed E-state index contributed by atoms with van der Waals surface area (Å²) in [7, 11) is 0. The van der Waals surface area contributed by atoms with Crippen LogP contribution >= 0.6 is 23.5 Å². The van der Waals surface area contributed by atoms with E-state index in [1.165, 1.54) is 36.2 Å². The van der Waals surface area contributed by atoms with Crippen molar-refractivity contribution in [2.45, 2.75) is 124 Å². The van der Waals surface area contributed by atoms with Gasteiger partial charge in [-0.2, -0.15) is 0 Å². The van der Waals surface area contributed by atoms with Gasteiger partial charge in [-0.15, -0.1) is 30.1 Å². The summed E-state index contributed by atoms with van der Waals surface area (Å²) in [6.45, 7) is 11.6. The fourth-order valence-corrected chi connectivity index (χ4v) is 11.3. The molecule has 1 aliphatic heterocycles. The molecule has 0 bridgehead atoms. The zero-order chi connectivity index (χ0) is 37.3. The van der Waals surface area contributed by atoms with Crippen LogP contribution in [0.25, 0.3) is 0 Å². The van der Waals surface area contributed by atoms with E-state index in [0.717, 1.165) is 67.1 Å². The summed E-state index contributed by atoms with van der Waals surface area (Å²) >= 11 is 3.83. The molecule has 0 saturated heterocycles. The van der Waals surface area contributed by atoms with Gasteiger partial charge in [-0.3, -0.25) is 0 Å². The standard InChI is InChI=1S/C44H61NO6S2/c1-5-25-49-44-40(53-34-18-9-10-19-34)30-38(45-51-43(2,3)4)36-28-31(15-11-13-23-46)35(20-12-14-24-47)41(42(36)44)37-29-32(21-22-39(37)50-44)48-26-27-52-33-16-7-6-8-17-33/h5-8,16-17,21-22,28-29,31,34-35,40-42,46-47H,1,9-15,18-20,23-27,30H2,2-4H3. The Morgan fingerprint density at radius 1 is 1.00 bits per heavy atom. The monoisotopic (exact) mass is 763 g/mol. The number of ether oxygens (including phenoxy) is 3. The molecule has 7 nitrogen and oxygen atoms in total. The van der Waals surface area contributed by atoms with Gasteiger partial charge in [0.05, 0.1) is 30.1 Å². The van der Waals surface area contributed by atoms with Crippen molar-refractivity contribution in [2.75, 3.05) is 32.2 Å². The summed E-state index contributed by atoms with van der Waals surface area (Å²) < 4.78 is 20.9. The van der Waals surface area contributed by atoms with E-state index in [0.29, 0.717) is 24.9 Å². The normalized spacial score (nSPS) is 27.5. The highest BCUT2D eigenvalue weighted by Crippen LogP contribution is 2.63. The molecule has 2 saturated carbocycles. The molecule has 2 aromatic rings. The van der Waals surface area contributed by atoms with Crippen molar-refractivity contribution in [3.8, 4) is 11.5 Å².